The van der Waals surface area contributed by atoms with E-state index in [1.165, 1.54) is 4.90 Å². The SMILES string of the molecule is CC(c1ccc(Br)cc1)C(NC(=O)OC(C)(C)C)C(=O)N1CCC(F)C1. The third-order valence-corrected chi connectivity index (χ3v) is 4.81. The summed E-state index contributed by atoms with van der Waals surface area (Å²) in [4.78, 5) is 26.7. The molecule has 5 nitrogen and oxygen atoms in total. The van der Waals surface area contributed by atoms with Crippen LogP contribution < -0.4 is 5.32 Å². The van der Waals surface area contributed by atoms with Gasteiger partial charge in [0.25, 0.3) is 0 Å². The minimum atomic E-state index is -1.01. The number of halogens is 2. The maximum absolute atomic E-state index is 13.5. The van der Waals surface area contributed by atoms with Gasteiger partial charge in [0.05, 0.1) is 6.54 Å². The molecule has 3 atom stereocenters. The van der Waals surface area contributed by atoms with Crippen LogP contribution in [0.25, 0.3) is 0 Å². The molecule has 0 radical (unpaired) electrons. The number of amides is 2. The van der Waals surface area contributed by atoms with Crippen LogP contribution in [0.1, 0.15) is 45.6 Å². The summed E-state index contributed by atoms with van der Waals surface area (Å²) in [6.07, 6.45) is -1.34. The fraction of sp³-hybridized carbons (Fsp3) is 0.579. The van der Waals surface area contributed by atoms with Crippen LogP contribution in [0.2, 0.25) is 0 Å². The normalized spacial score (nSPS) is 19.8. The average molecular weight is 429 g/mol. The first-order valence-corrected chi connectivity index (χ1v) is 9.54. The van der Waals surface area contributed by atoms with Gasteiger partial charge in [-0.1, -0.05) is 35.0 Å². The van der Waals surface area contributed by atoms with Crippen molar-refractivity contribution >= 4 is 27.9 Å². The summed E-state index contributed by atoms with van der Waals surface area (Å²) < 4.78 is 19.8. The number of rotatable bonds is 4. The predicted octanol–water partition coefficient (Wildman–Crippen LogP) is 4.02. The second-order valence-corrected chi connectivity index (χ2v) is 8.55. The molecule has 0 bridgehead atoms. The smallest absolute Gasteiger partial charge is 0.408 e. The zero-order valence-corrected chi connectivity index (χ0v) is 17.2. The van der Waals surface area contributed by atoms with Crippen molar-refractivity contribution in [2.24, 2.45) is 0 Å². The summed E-state index contributed by atoms with van der Waals surface area (Å²) in [6.45, 7) is 7.57. The molecule has 144 valence electrons. The van der Waals surface area contributed by atoms with Crippen molar-refractivity contribution in [2.45, 2.75) is 57.8 Å². The van der Waals surface area contributed by atoms with Crippen molar-refractivity contribution in [3.63, 3.8) is 0 Å². The third kappa shape index (κ3) is 5.69. The molecule has 0 aromatic heterocycles. The van der Waals surface area contributed by atoms with Gasteiger partial charge in [-0.15, -0.1) is 0 Å². The number of alkyl carbamates (subject to hydrolysis) is 1. The fourth-order valence-electron chi connectivity index (χ4n) is 2.91. The van der Waals surface area contributed by atoms with Crippen LogP contribution in [0.3, 0.4) is 0 Å². The van der Waals surface area contributed by atoms with E-state index in [1.807, 2.05) is 31.2 Å². The molecule has 1 heterocycles. The number of hydrogen-bond acceptors (Lipinski definition) is 3. The summed E-state index contributed by atoms with van der Waals surface area (Å²) in [5.74, 6) is -0.576. The first-order chi connectivity index (χ1) is 12.1. The molecule has 0 aliphatic carbocycles. The van der Waals surface area contributed by atoms with Gasteiger partial charge in [-0.2, -0.15) is 0 Å². The van der Waals surface area contributed by atoms with Crippen LogP contribution in [-0.4, -0.2) is 47.8 Å². The van der Waals surface area contributed by atoms with Gasteiger partial charge >= 0.3 is 6.09 Å². The van der Waals surface area contributed by atoms with E-state index >= 15 is 0 Å². The summed E-state index contributed by atoms with van der Waals surface area (Å²) >= 11 is 3.39. The minimum absolute atomic E-state index is 0.0678. The molecule has 1 aliphatic rings. The second-order valence-electron chi connectivity index (χ2n) is 7.63. The number of alkyl halides is 1. The number of carbonyl (C=O) groups is 2. The number of ether oxygens (including phenoxy) is 1. The Labute approximate surface area is 162 Å². The number of likely N-dealkylation sites (tertiary alicyclic amines) is 1. The van der Waals surface area contributed by atoms with Crippen LogP contribution in [0.5, 0.6) is 0 Å². The Morgan fingerprint density at radius 1 is 1.31 bits per heavy atom. The molecular formula is C19H26BrFN2O3. The number of nitrogens with zero attached hydrogens (tertiary/aromatic N) is 1. The Bertz CT molecular complexity index is 645. The topological polar surface area (TPSA) is 58.6 Å². The van der Waals surface area contributed by atoms with Crippen molar-refractivity contribution in [3.8, 4) is 0 Å². The Morgan fingerprint density at radius 3 is 2.42 bits per heavy atom. The maximum atomic E-state index is 13.5. The van der Waals surface area contributed by atoms with Gasteiger partial charge in [0.2, 0.25) is 5.91 Å². The summed E-state index contributed by atoms with van der Waals surface area (Å²) in [7, 11) is 0. The highest BCUT2D eigenvalue weighted by atomic mass is 79.9. The molecule has 0 saturated carbocycles. The van der Waals surface area contributed by atoms with Gasteiger partial charge in [-0.3, -0.25) is 4.79 Å². The molecule has 1 N–H and O–H groups in total. The van der Waals surface area contributed by atoms with Gasteiger partial charge in [-0.05, 0) is 44.9 Å². The third-order valence-electron chi connectivity index (χ3n) is 4.28. The van der Waals surface area contributed by atoms with Crippen molar-refractivity contribution < 1.29 is 18.7 Å². The lowest BCUT2D eigenvalue weighted by atomic mass is 9.92. The monoisotopic (exact) mass is 428 g/mol. The molecule has 1 aromatic carbocycles. The van der Waals surface area contributed by atoms with Crippen molar-refractivity contribution in [2.75, 3.05) is 13.1 Å². The van der Waals surface area contributed by atoms with Crippen molar-refractivity contribution in [3.05, 3.63) is 34.3 Å². The lowest BCUT2D eigenvalue weighted by molar-refractivity contribution is -0.133. The molecule has 1 saturated heterocycles. The minimum Gasteiger partial charge on any atom is -0.444 e. The van der Waals surface area contributed by atoms with Crippen molar-refractivity contribution in [1.82, 2.24) is 10.2 Å². The average Bonchev–Trinajstić information content (AvgIpc) is 2.97. The standard InChI is InChI=1S/C19H26BrFN2O3/c1-12(13-5-7-14(20)8-6-13)16(22-18(25)26-19(2,3)4)17(24)23-10-9-15(21)11-23/h5-8,12,15-16H,9-11H2,1-4H3,(H,22,25). The highest BCUT2D eigenvalue weighted by Crippen LogP contribution is 2.25. The maximum Gasteiger partial charge on any atom is 0.408 e. The van der Waals surface area contributed by atoms with E-state index in [1.54, 1.807) is 20.8 Å². The van der Waals surface area contributed by atoms with Gasteiger partial charge < -0.3 is 15.0 Å². The van der Waals surface area contributed by atoms with Crippen LogP contribution >= 0.6 is 15.9 Å². The van der Waals surface area contributed by atoms with E-state index in [0.29, 0.717) is 13.0 Å². The fourth-order valence-corrected chi connectivity index (χ4v) is 3.17. The highest BCUT2D eigenvalue weighted by Gasteiger charge is 2.36. The van der Waals surface area contributed by atoms with Crippen molar-refractivity contribution in [1.29, 1.82) is 0 Å². The number of nitrogens with one attached hydrogen (secondary N) is 1. The molecule has 7 heteroatoms. The summed E-state index contributed by atoms with van der Waals surface area (Å²) in [5, 5.41) is 2.69. The quantitative estimate of drug-likeness (QED) is 0.787. The molecule has 1 aliphatic heterocycles. The summed E-state index contributed by atoms with van der Waals surface area (Å²) in [6, 6.07) is 6.74. The van der Waals surface area contributed by atoms with Gasteiger partial charge in [0.15, 0.2) is 0 Å². The van der Waals surface area contributed by atoms with Gasteiger partial charge in [-0.25, -0.2) is 9.18 Å². The molecule has 2 amide bonds. The number of carbonyl (C=O) groups excluding carboxylic acids is 2. The summed E-state index contributed by atoms with van der Waals surface area (Å²) in [5.41, 5.74) is 0.231. The lowest BCUT2D eigenvalue weighted by Crippen LogP contribution is -2.51. The van der Waals surface area contributed by atoms with E-state index in [0.717, 1.165) is 10.0 Å². The molecule has 26 heavy (non-hydrogen) atoms. The molecule has 3 unspecified atom stereocenters. The van der Waals surface area contributed by atoms with E-state index in [9.17, 15) is 14.0 Å². The second kappa shape index (κ2) is 8.37. The highest BCUT2D eigenvalue weighted by molar-refractivity contribution is 9.10. The Kier molecular flexibility index (Phi) is 6.66. The predicted molar refractivity (Wildman–Crippen MR) is 102 cm³/mol. The van der Waals surface area contributed by atoms with E-state index in [2.05, 4.69) is 21.2 Å². The van der Waals surface area contributed by atoms with E-state index in [-0.39, 0.29) is 18.4 Å². The largest absolute Gasteiger partial charge is 0.444 e. The Hall–Kier alpha value is -1.63. The van der Waals surface area contributed by atoms with Gasteiger partial charge in [0.1, 0.15) is 17.8 Å². The molecule has 2 rings (SSSR count). The van der Waals surface area contributed by atoms with E-state index in [4.69, 9.17) is 4.74 Å². The van der Waals surface area contributed by atoms with Crippen LogP contribution in [0.15, 0.2) is 28.7 Å². The number of hydrogen-bond donors (Lipinski definition) is 1. The molecular weight excluding hydrogens is 403 g/mol. The molecule has 0 spiro atoms. The van der Waals surface area contributed by atoms with Crippen LogP contribution in [0.4, 0.5) is 9.18 Å². The first kappa shape index (κ1) is 20.7. The molecule has 1 fully saturated rings. The Morgan fingerprint density at radius 2 is 1.92 bits per heavy atom. The first-order valence-electron chi connectivity index (χ1n) is 8.74. The van der Waals surface area contributed by atoms with Crippen LogP contribution in [-0.2, 0) is 9.53 Å². The molecule has 1 aromatic rings. The number of benzene rings is 1. The lowest BCUT2D eigenvalue weighted by Gasteiger charge is -2.30. The Balaban J connectivity index is 2.21. The zero-order chi connectivity index (χ0) is 19.5. The zero-order valence-electron chi connectivity index (χ0n) is 15.6. The van der Waals surface area contributed by atoms with E-state index < -0.39 is 23.9 Å². The van der Waals surface area contributed by atoms with Crippen LogP contribution in [0, 0.1) is 0 Å². The van der Waals surface area contributed by atoms with Gasteiger partial charge in [0, 0.05) is 16.9 Å².